The van der Waals surface area contributed by atoms with Crippen molar-refractivity contribution in [2.45, 2.75) is 32.5 Å². The third kappa shape index (κ3) is 3.95. The van der Waals surface area contributed by atoms with Crippen LogP contribution in [-0.4, -0.2) is 25.2 Å². The van der Waals surface area contributed by atoms with Crippen molar-refractivity contribution < 1.29 is 18.0 Å². The Balaban J connectivity index is 1.67. The van der Waals surface area contributed by atoms with Crippen molar-refractivity contribution in [1.82, 2.24) is 19.3 Å². The number of alkyl halides is 3. The van der Waals surface area contributed by atoms with Crippen LogP contribution in [0.3, 0.4) is 0 Å². The number of benzene rings is 2. The fourth-order valence-corrected chi connectivity index (χ4v) is 3.57. The molecule has 2 aromatic heterocycles. The number of aryl methyl sites for hydroxylation is 1. The number of nitrogens with one attached hydrogen (secondary N) is 1. The van der Waals surface area contributed by atoms with Gasteiger partial charge in [0.1, 0.15) is 6.54 Å². The molecule has 2 aromatic carbocycles. The molecule has 0 aliphatic rings. The molecule has 0 atom stereocenters. The van der Waals surface area contributed by atoms with Crippen LogP contribution in [0.5, 0.6) is 0 Å². The molecule has 0 saturated carbocycles. The van der Waals surface area contributed by atoms with Gasteiger partial charge >= 0.3 is 6.18 Å². The van der Waals surface area contributed by atoms with E-state index in [-0.39, 0.29) is 23.2 Å². The normalized spacial score (nSPS) is 12.1. The van der Waals surface area contributed by atoms with E-state index in [9.17, 15) is 22.8 Å². The Morgan fingerprint density at radius 2 is 1.88 bits per heavy atom. The van der Waals surface area contributed by atoms with Crippen LogP contribution in [0.1, 0.15) is 31.0 Å². The van der Waals surface area contributed by atoms with Crippen LogP contribution in [0.15, 0.2) is 47.5 Å². The van der Waals surface area contributed by atoms with Gasteiger partial charge in [0.25, 0.3) is 5.56 Å². The summed E-state index contributed by atoms with van der Waals surface area (Å²) in [5, 5.41) is 7.15. The Labute approximate surface area is 180 Å². The number of amides is 1. The number of aromatic nitrogens is 4. The largest absolute Gasteiger partial charge is 0.416 e. The second-order valence-corrected chi connectivity index (χ2v) is 7.87. The number of carbonyl (C=O) groups is 1. The summed E-state index contributed by atoms with van der Waals surface area (Å²) in [6, 6.07) is 8.18. The Kier molecular flexibility index (Phi) is 5.23. The minimum atomic E-state index is -4.54. The highest BCUT2D eigenvalue weighted by Crippen LogP contribution is 2.32. The first-order valence-electron chi connectivity index (χ1n) is 9.87. The van der Waals surface area contributed by atoms with Crippen molar-refractivity contribution >= 4 is 33.4 Å². The molecule has 4 rings (SSSR count). The molecule has 166 valence electrons. The van der Waals surface area contributed by atoms with Gasteiger partial charge in [0, 0.05) is 18.1 Å². The zero-order valence-electron chi connectivity index (χ0n) is 17.6. The average Bonchev–Trinajstić information content (AvgIpc) is 3.09. The lowest BCUT2D eigenvalue weighted by Gasteiger charge is -2.15. The van der Waals surface area contributed by atoms with Crippen LogP contribution in [0.25, 0.3) is 21.8 Å². The Morgan fingerprint density at radius 1 is 1.12 bits per heavy atom. The number of imidazole rings is 1. The summed E-state index contributed by atoms with van der Waals surface area (Å²) in [5.74, 6) is -0.752. The van der Waals surface area contributed by atoms with Crippen molar-refractivity contribution in [3.8, 4) is 0 Å². The van der Waals surface area contributed by atoms with Crippen LogP contribution >= 0.6 is 0 Å². The van der Waals surface area contributed by atoms with E-state index in [0.29, 0.717) is 16.9 Å². The molecule has 10 heteroatoms. The van der Waals surface area contributed by atoms with E-state index in [1.807, 2.05) is 17.7 Å². The second kappa shape index (κ2) is 7.77. The highest BCUT2D eigenvalue weighted by molar-refractivity contribution is 5.93. The molecule has 7 nitrogen and oxygen atoms in total. The monoisotopic (exact) mass is 443 g/mol. The summed E-state index contributed by atoms with van der Waals surface area (Å²) in [6.45, 7) is 3.15. The smallest absolute Gasteiger partial charge is 0.334 e. The minimum Gasteiger partial charge on any atom is -0.334 e. The van der Waals surface area contributed by atoms with Crippen LogP contribution < -0.4 is 10.9 Å². The molecule has 1 amide bonds. The highest BCUT2D eigenvalue weighted by atomic mass is 19.4. The van der Waals surface area contributed by atoms with Gasteiger partial charge in [0.2, 0.25) is 5.91 Å². The van der Waals surface area contributed by atoms with Gasteiger partial charge in [-0.3, -0.25) is 9.59 Å². The predicted molar refractivity (Wildman–Crippen MR) is 114 cm³/mol. The Bertz CT molecular complexity index is 1400. The van der Waals surface area contributed by atoms with E-state index in [1.54, 1.807) is 32.3 Å². The molecule has 4 aromatic rings. The lowest BCUT2D eigenvalue weighted by atomic mass is 10.0. The van der Waals surface area contributed by atoms with E-state index in [0.717, 1.165) is 28.4 Å². The van der Waals surface area contributed by atoms with Gasteiger partial charge in [-0.05, 0) is 42.3 Å². The van der Waals surface area contributed by atoms with E-state index < -0.39 is 23.2 Å². The third-order valence-corrected chi connectivity index (χ3v) is 5.17. The summed E-state index contributed by atoms with van der Waals surface area (Å²) in [4.78, 5) is 29.7. The number of carbonyl (C=O) groups excluding carboxylic acids is 1. The quantitative estimate of drug-likeness (QED) is 0.516. The number of anilines is 1. The molecule has 2 heterocycles. The number of hydrogen-bond acceptors (Lipinski definition) is 4. The van der Waals surface area contributed by atoms with Crippen molar-refractivity contribution in [2.24, 2.45) is 7.05 Å². The van der Waals surface area contributed by atoms with Crippen molar-refractivity contribution in [2.75, 3.05) is 5.32 Å². The summed E-state index contributed by atoms with van der Waals surface area (Å²) >= 11 is 0. The number of rotatable bonds is 4. The number of halogens is 3. The molecular weight excluding hydrogens is 423 g/mol. The summed E-state index contributed by atoms with van der Waals surface area (Å²) in [5.41, 5.74) is 0.938. The molecule has 0 radical (unpaired) electrons. The van der Waals surface area contributed by atoms with Gasteiger partial charge in [-0.2, -0.15) is 18.3 Å². The second-order valence-electron chi connectivity index (χ2n) is 7.87. The van der Waals surface area contributed by atoms with E-state index in [1.165, 1.54) is 0 Å². The standard InChI is InChI=1S/C22H20F3N5O2/c1-12(2)20-16-8-13(22(23,24)25)4-6-15(16)21(32)30(28-20)10-19(31)27-14-5-7-18-17(9-14)26-11-29(18)3/h4-9,11-12H,10H2,1-3H3,(H,27,31). The molecular formula is C22H20F3N5O2. The third-order valence-electron chi connectivity index (χ3n) is 5.17. The highest BCUT2D eigenvalue weighted by Gasteiger charge is 2.31. The van der Waals surface area contributed by atoms with Gasteiger partial charge < -0.3 is 9.88 Å². The molecule has 0 aliphatic carbocycles. The summed E-state index contributed by atoms with van der Waals surface area (Å²) < 4.78 is 42.3. The average molecular weight is 443 g/mol. The van der Waals surface area contributed by atoms with Crippen LogP contribution in [0.4, 0.5) is 18.9 Å². The van der Waals surface area contributed by atoms with E-state index in [2.05, 4.69) is 15.4 Å². The summed E-state index contributed by atoms with van der Waals surface area (Å²) in [6.07, 6.45) is -2.88. The van der Waals surface area contributed by atoms with Crippen molar-refractivity contribution in [3.05, 3.63) is 64.3 Å². The molecule has 1 N–H and O–H groups in total. The fraction of sp³-hybridized carbons (Fsp3) is 0.273. The minimum absolute atomic E-state index is 0.0828. The molecule has 0 aliphatic heterocycles. The van der Waals surface area contributed by atoms with Gasteiger partial charge in [-0.1, -0.05) is 13.8 Å². The van der Waals surface area contributed by atoms with Crippen LogP contribution in [0.2, 0.25) is 0 Å². The zero-order chi connectivity index (χ0) is 23.2. The Hall–Kier alpha value is -3.69. The van der Waals surface area contributed by atoms with Gasteiger partial charge in [0.05, 0.1) is 34.0 Å². The maximum Gasteiger partial charge on any atom is 0.416 e. The van der Waals surface area contributed by atoms with E-state index >= 15 is 0 Å². The first kappa shape index (κ1) is 21.5. The first-order valence-corrected chi connectivity index (χ1v) is 9.87. The maximum absolute atomic E-state index is 13.1. The molecule has 0 fully saturated rings. The number of hydrogen-bond donors (Lipinski definition) is 1. The number of nitrogens with zero attached hydrogens (tertiary/aromatic N) is 4. The van der Waals surface area contributed by atoms with Gasteiger partial charge in [0.15, 0.2) is 0 Å². The lowest BCUT2D eigenvalue weighted by Crippen LogP contribution is -2.31. The molecule has 0 spiro atoms. The maximum atomic E-state index is 13.1. The van der Waals surface area contributed by atoms with Crippen LogP contribution in [0, 0.1) is 0 Å². The van der Waals surface area contributed by atoms with Crippen molar-refractivity contribution in [3.63, 3.8) is 0 Å². The first-order chi connectivity index (χ1) is 15.0. The summed E-state index contributed by atoms with van der Waals surface area (Å²) in [7, 11) is 1.86. The topological polar surface area (TPSA) is 81.8 Å². The number of fused-ring (bicyclic) bond motifs is 2. The zero-order valence-corrected chi connectivity index (χ0v) is 17.6. The SMILES string of the molecule is CC(C)c1nn(CC(=O)Nc2ccc3c(c2)ncn3C)c(=O)c2ccc(C(F)(F)F)cc12. The molecule has 0 bridgehead atoms. The van der Waals surface area contributed by atoms with E-state index in [4.69, 9.17) is 0 Å². The lowest BCUT2D eigenvalue weighted by molar-refractivity contribution is -0.137. The van der Waals surface area contributed by atoms with Gasteiger partial charge in [-0.25, -0.2) is 9.67 Å². The molecule has 0 saturated heterocycles. The predicted octanol–water partition coefficient (Wildman–Crippen LogP) is 4.06. The van der Waals surface area contributed by atoms with Gasteiger partial charge in [-0.15, -0.1) is 0 Å². The molecule has 0 unspecified atom stereocenters. The van der Waals surface area contributed by atoms with Crippen molar-refractivity contribution in [1.29, 1.82) is 0 Å². The molecule has 32 heavy (non-hydrogen) atoms. The fourth-order valence-electron chi connectivity index (χ4n) is 3.57. The van der Waals surface area contributed by atoms with Crippen LogP contribution in [-0.2, 0) is 24.6 Å². The Morgan fingerprint density at radius 3 is 2.56 bits per heavy atom.